The number of ether oxygens (including phenoxy) is 1. The van der Waals surface area contributed by atoms with E-state index in [4.69, 9.17) is 4.74 Å². The van der Waals surface area contributed by atoms with Crippen LogP contribution in [0, 0.1) is 0 Å². The van der Waals surface area contributed by atoms with Gasteiger partial charge in [-0.1, -0.05) is 60.7 Å². The lowest BCUT2D eigenvalue weighted by Crippen LogP contribution is -2.36. The maximum Gasteiger partial charge on any atom is 0.295 e. The molecule has 1 aliphatic heterocycles. The van der Waals surface area contributed by atoms with Crippen LogP contribution < -0.4 is 10.2 Å². The highest BCUT2D eigenvalue weighted by Crippen LogP contribution is 2.27. The van der Waals surface area contributed by atoms with Gasteiger partial charge in [0.25, 0.3) is 5.91 Å². The van der Waals surface area contributed by atoms with Crippen LogP contribution in [0.15, 0.2) is 84.9 Å². The number of anilines is 2. The molecular formula is C25H23N5O2. The molecule has 0 radical (unpaired) electrons. The maximum atomic E-state index is 13.2. The molecule has 0 aliphatic carbocycles. The normalized spacial score (nSPS) is 13.7. The summed E-state index contributed by atoms with van der Waals surface area (Å²) in [7, 11) is 0. The minimum absolute atomic E-state index is 0.115. The highest BCUT2D eigenvalue weighted by atomic mass is 16.5. The van der Waals surface area contributed by atoms with Crippen molar-refractivity contribution >= 4 is 17.3 Å². The van der Waals surface area contributed by atoms with Gasteiger partial charge in [0.05, 0.1) is 30.3 Å². The molecule has 7 nitrogen and oxygen atoms in total. The molecule has 2 heterocycles. The lowest BCUT2D eigenvalue weighted by Gasteiger charge is -2.30. The first kappa shape index (κ1) is 20.0. The fraction of sp³-hybridized carbons (Fsp3) is 0.160. The Morgan fingerprint density at radius 3 is 2.25 bits per heavy atom. The van der Waals surface area contributed by atoms with Gasteiger partial charge >= 0.3 is 0 Å². The number of nitrogens with zero attached hydrogens (tertiary/aromatic N) is 4. The molecule has 160 valence electrons. The summed E-state index contributed by atoms with van der Waals surface area (Å²) in [5.41, 5.74) is 3.43. The summed E-state index contributed by atoms with van der Waals surface area (Å²) < 4.78 is 7.17. The number of aromatic nitrogens is 3. The zero-order valence-electron chi connectivity index (χ0n) is 17.5. The zero-order valence-corrected chi connectivity index (χ0v) is 17.5. The molecular weight excluding hydrogens is 402 g/mol. The standard InChI is InChI=1S/C25H23N5O2/c31-25(26-21-13-7-8-14-22(21)29-15-17-32-18-16-29)23-27-24(19-9-3-1-4-10-19)30(28-23)20-11-5-2-6-12-20/h1-14H,15-18H2,(H,26,31). The Balaban J connectivity index is 1.48. The number of hydrogen-bond acceptors (Lipinski definition) is 5. The van der Waals surface area contributed by atoms with E-state index in [0.29, 0.717) is 19.0 Å². The second-order valence-electron chi connectivity index (χ2n) is 7.44. The van der Waals surface area contributed by atoms with Crippen LogP contribution in [0.2, 0.25) is 0 Å². The number of rotatable bonds is 5. The quantitative estimate of drug-likeness (QED) is 0.523. The molecule has 5 rings (SSSR count). The number of para-hydroxylation sites is 3. The van der Waals surface area contributed by atoms with Gasteiger partial charge < -0.3 is 15.0 Å². The fourth-order valence-electron chi connectivity index (χ4n) is 3.77. The van der Waals surface area contributed by atoms with E-state index in [-0.39, 0.29) is 11.7 Å². The van der Waals surface area contributed by atoms with Crippen molar-refractivity contribution in [3.63, 3.8) is 0 Å². The second kappa shape index (κ2) is 9.03. The molecule has 4 aromatic rings. The highest BCUT2D eigenvalue weighted by molar-refractivity contribution is 6.03. The third-order valence-electron chi connectivity index (χ3n) is 5.35. The Bertz CT molecular complexity index is 1140. The molecule has 1 aliphatic rings. The topological polar surface area (TPSA) is 72.3 Å². The van der Waals surface area contributed by atoms with E-state index in [0.717, 1.165) is 35.7 Å². The molecule has 32 heavy (non-hydrogen) atoms. The largest absolute Gasteiger partial charge is 0.378 e. The maximum absolute atomic E-state index is 13.2. The molecule has 1 N–H and O–H groups in total. The van der Waals surface area contributed by atoms with Crippen LogP contribution in [-0.2, 0) is 4.74 Å². The van der Waals surface area contributed by atoms with Crippen LogP contribution in [0.3, 0.4) is 0 Å². The summed E-state index contributed by atoms with van der Waals surface area (Å²) in [6.45, 7) is 2.91. The lowest BCUT2D eigenvalue weighted by molar-refractivity contribution is 0.101. The Morgan fingerprint density at radius 1 is 0.844 bits per heavy atom. The SMILES string of the molecule is O=C(Nc1ccccc1N1CCOCC1)c1nc(-c2ccccc2)n(-c2ccccc2)n1. The molecule has 3 aromatic carbocycles. The first-order valence-electron chi connectivity index (χ1n) is 10.6. The van der Waals surface area contributed by atoms with Crippen LogP contribution in [-0.4, -0.2) is 47.0 Å². The second-order valence-corrected chi connectivity index (χ2v) is 7.44. The summed E-state index contributed by atoms with van der Waals surface area (Å²) in [5, 5.41) is 7.56. The Hall–Kier alpha value is -3.97. The fourth-order valence-corrected chi connectivity index (χ4v) is 3.77. The van der Waals surface area contributed by atoms with Crippen molar-refractivity contribution in [3.8, 4) is 17.1 Å². The van der Waals surface area contributed by atoms with Crippen molar-refractivity contribution < 1.29 is 9.53 Å². The Labute approximate surface area is 186 Å². The van der Waals surface area contributed by atoms with E-state index in [1.807, 2.05) is 84.9 Å². The molecule has 0 spiro atoms. The highest BCUT2D eigenvalue weighted by Gasteiger charge is 2.21. The van der Waals surface area contributed by atoms with Gasteiger partial charge in [-0.15, -0.1) is 5.10 Å². The average molecular weight is 425 g/mol. The van der Waals surface area contributed by atoms with E-state index in [1.165, 1.54) is 0 Å². The minimum Gasteiger partial charge on any atom is -0.378 e. The molecule has 1 amide bonds. The van der Waals surface area contributed by atoms with Crippen LogP contribution in [0.4, 0.5) is 11.4 Å². The summed E-state index contributed by atoms with van der Waals surface area (Å²) in [4.78, 5) is 20.0. The first-order valence-corrected chi connectivity index (χ1v) is 10.6. The average Bonchev–Trinajstić information content (AvgIpc) is 3.32. The van der Waals surface area contributed by atoms with Crippen LogP contribution in [0.5, 0.6) is 0 Å². The van der Waals surface area contributed by atoms with Gasteiger partial charge in [0.15, 0.2) is 5.82 Å². The van der Waals surface area contributed by atoms with E-state index < -0.39 is 0 Å². The van der Waals surface area contributed by atoms with Gasteiger partial charge in [0, 0.05) is 18.7 Å². The molecule has 1 saturated heterocycles. The summed E-state index contributed by atoms with van der Waals surface area (Å²) >= 11 is 0. The van der Waals surface area contributed by atoms with E-state index in [9.17, 15) is 4.79 Å². The molecule has 0 unspecified atom stereocenters. The number of amides is 1. The monoisotopic (exact) mass is 425 g/mol. The number of nitrogens with one attached hydrogen (secondary N) is 1. The number of hydrogen-bond donors (Lipinski definition) is 1. The Morgan fingerprint density at radius 2 is 1.50 bits per heavy atom. The van der Waals surface area contributed by atoms with E-state index >= 15 is 0 Å². The van der Waals surface area contributed by atoms with Crippen molar-refractivity contribution in [3.05, 3.63) is 90.8 Å². The van der Waals surface area contributed by atoms with Crippen molar-refractivity contribution in [1.82, 2.24) is 14.8 Å². The molecule has 0 saturated carbocycles. The van der Waals surface area contributed by atoms with Gasteiger partial charge in [0.2, 0.25) is 5.82 Å². The smallest absolute Gasteiger partial charge is 0.295 e. The summed E-state index contributed by atoms with van der Waals surface area (Å²) in [6.07, 6.45) is 0. The van der Waals surface area contributed by atoms with Gasteiger partial charge in [-0.2, -0.15) is 0 Å². The molecule has 7 heteroatoms. The zero-order chi connectivity index (χ0) is 21.8. The van der Waals surface area contributed by atoms with Crippen molar-refractivity contribution in [2.45, 2.75) is 0 Å². The van der Waals surface area contributed by atoms with Crippen LogP contribution in [0.25, 0.3) is 17.1 Å². The number of carbonyl (C=O) groups is 1. The molecule has 0 atom stereocenters. The third kappa shape index (κ3) is 4.10. The number of carbonyl (C=O) groups excluding carboxylic acids is 1. The number of morpholine rings is 1. The third-order valence-corrected chi connectivity index (χ3v) is 5.35. The predicted octanol–water partition coefficient (Wildman–Crippen LogP) is 4.02. The van der Waals surface area contributed by atoms with Gasteiger partial charge in [0.1, 0.15) is 0 Å². The van der Waals surface area contributed by atoms with Gasteiger partial charge in [-0.3, -0.25) is 4.79 Å². The minimum atomic E-state index is -0.349. The molecule has 0 bridgehead atoms. The summed E-state index contributed by atoms with van der Waals surface area (Å²) in [6, 6.07) is 27.2. The van der Waals surface area contributed by atoms with E-state index in [1.54, 1.807) is 4.68 Å². The van der Waals surface area contributed by atoms with Gasteiger partial charge in [-0.25, -0.2) is 9.67 Å². The van der Waals surface area contributed by atoms with Gasteiger partial charge in [-0.05, 0) is 24.3 Å². The van der Waals surface area contributed by atoms with Crippen LogP contribution in [0.1, 0.15) is 10.6 Å². The predicted molar refractivity (Wildman–Crippen MR) is 124 cm³/mol. The van der Waals surface area contributed by atoms with E-state index in [2.05, 4.69) is 20.3 Å². The van der Waals surface area contributed by atoms with Crippen molar-refractivity contribution in [1.29, 1.82) is 0 Å². The first-order chi connectivity index (χ1) is 15.8. The van der Waals surface area contributed by atoms with Crippen molar-refractivity contribution in [2.75, 3.05) is 36.5 Å². The summed E-state index contributed by atoms with van der Waals surface area (Å²) in [5.74, 6) is 0.380. The number of benzene rings is 3. The molecule has 1 aromatic heterocycles. The Kier molecular flexibility index (Phi) is 5.63. The van der Waals surface area contributed by atoms with Crippen LogP contribution >= 0.6 is 0 Å². The van der Waals surface area contributed by atoms with Crippen molar-refractivity contribution in [2.24, 2.45) is 0 Å². The lowest BCUT2D eigenvalue weighted by atomic mass is 10.2. The molecule has 1 fully saturated rings.